The lowest BCUT2D eigenvalue weighted by Crippen LogP contribution is -2.40. The third-order valence-electron chi connectivity index (χ3n) is 2.74. The largest absolute Gasteiger partial charge is 0.396 e. The molecule has 6 heteroatoms. The first-order chi connectivity index (χ1) is 6.79. The van der Waals surface area contributed by atoms with Crippen molar-refractivity contribution in [1.82, 2.24) is 5.32 Å². The van der Waals surface area contributed by atoms with Crippen LogP contribution in [0.4, 0.5) is 13.2 Å². The van der Waals surface area contributed by atoms with Gasteiger partial charge in [0.05, 0.1) is 12.5 Å². The molecule has 3 nitrogen and oxygen atoms in total. The van der Waals surface area contributed by atoms with Gasteiger partial charge in [-0.1, -0.05) is 6.92 Å². The van der Waals surface area contributed by atoms with E-state index < -0.39 is 30.7 Å². The maximum absolute atomic E-state index is 12.2. The van der Waals surface area contributed by atoms with Gasteiger partial charge in [-0.05, 0) is 12.8 Å². The molecular formula is C9H14F3NO2. The standard InChI is InChI=1S/C9H14F3NO2/c1-8(2-3-8)7(15)13-4-6(5-14)9(10,11)12/h6,14H,2-5H2,1H3,(H,13,15). The minimum atomic E-state index is -4.47. The number of aliphatic hydroxyl groups is 1. The second-order valence-corrected chi connectivity index (χ2v) is 4.19. The minimum absolute atomic E-state index is 0.356. The highest BCUT2D eigenvalue weighted by molar-refractivity contribution is 5.84. The molecule has 1 aliphatic rings. The van der Waals surface area contributed by atoms with Crippen LogP contribution in [0, 0.1) is 11.3 Å². The number of carbonyl (C=O) groups is 1. The number of carbonyl (C=O) groups excluding carboxylic acids is 1. The van der Waals surface area contributed by atoms with Gasteiger partial charge in [0.15, 0.2) is 0 Å². The number of rotatable bonds is 4. The van der Waals surface area contributed by atoms with E-state index >= 15 is 0 Å². The first-order valence-corrected chi connectivity index (χ1v) is 4.75. The maximum atomic E-state index is 12.2. The molecular weight excluding hydrogens is 211 g/mol. The lowest BCUT2D eigenvalue weighted by atomic mass is 10.1. The third-order valence-corrected chi connectivity index (χ3v) is 2.74. The predicted octanol–water partition coefficient (Wildman–Crippen LogP) is 1.07. The van der Waals surface area contributed by atoms with Crippen molar-refractivity contribution >= 4 is 5.91 Å². The SMILES string of the molecule is CC1(C(=O)NCC(CO)C(F)(F)F)CC1. The van der Waals surface area contributed by atoms with E-state index in [1.54, 1.807) is 6.92 Å². The van der Waals surface area contributed by atoms with Crippen LogP contribution in [0.1, 0.15) is 19.8 Å². The van der Waals surface area contributed by atoms with Crippen molar-refractivity contribution in [1.29, 1.82) is 0 Å². The smallest absolute Gasteiger partial charge is 0.395 e. The number of hydrogen-bond donors (Lipinski definition) is 2. The first-order valence-electron chi connectivity index (χ1n) is 4.75. The Morgan fingerprint density at radius 3 is 2.40 bits per heavy atom. The number of amides is 1. The lowest BCUT2D eigenvalue weighted by Gasteiger charge is -2.19. The zero-order valence-electron chi connectivity index (χ0n) is 8.40. The Hall–Kier alpha value is -0.780. The van der Waals surface area contributed by atoms with E-state index in [0.29, 0.717) is 12.8 Å². The fraction of sp³-hybridized carbons (Fsp3) is 0.889. The van der Waals surface area contributed by atoms with Crippen molar-refractivity contribution in [3.63, 3.8) is 0 Å². The molecule has 1 atom stereocenters. The van der Waals surface area contributed by atoms with Gasteiger partial charge in [-0.15, -0.1) is 0 Å². The highest BCUT2D eigenvalue weighted by atomic mass is 19.4. The summed E-state index contributed by atoms with van der Waals surface area (Å²) in [4.78, 5) is 11.3. The van der Waals surface area contributed by atoms with Gasteiger partial charge >= 0.3 is 6.18 Å². The molecule has 15 heavy (non-hydrogen) atoms. The summed E-state index contributed by atoms with van der Waals surface area (Å²) < 4.78 is 36.5. The van der Waals surface area contributed by atoms with Crippen molar-refractivity contribution in [3.8, 4) is 0 Å². The average molecular weight is 225 g/mol. The van der Waals surface area contributed by atoms with Gasteiger partial charge in [0.1, 0.15) is 0 Å². The van der Waals surface area contributed by atoms with E-state index in [9.17, 15) is 18.0 Å². The van der Waals surface area contributed by atoms with E-state index in [0.717, 1.165) is 0 Å². The third kappa shape index (κ3) is 3.09. The molecule has 1 saturated carbocycles. The first kappa shape index (κ1) is 12.3. The molecule has 0 aliphatic heterocycles. The van der Waals surface area contributed by atoms with Crippen LogP contribution in [0.25, 0.3) is 0 Å². The molecule has 0 spiro atoms. The summed E-state index contributed by atoms with van der Waals surface area (Å²) >= 11 is 0. The molecule has 0 saturated heterocycles. The number of aliphatic hydroxyl groups excluding tert-OH is 1. The number of hydrogen-bond acceptors (Lipinski definition) is 2. The van der Waals surface area contributed by atoms with Gasteiger partial charge in [0, 0.05) is 12.0 Å². The van der Waals surface area contributed by atoms with Crippen LogP contribution in [-0.4, -0.2) is 30.3 Å². The van der Waals surface area contributed by atoms with Crippen LogP contribution in [0.2, 0.25) is 0 Å². The second kappa shape index (κ2) is 4.00. The molecule has 0 aromatic rings. The average Bonchev–Trinajstić information content (AvgIpc) is 2.83. The molecule has 1 fully saturated rings. The quantitative estimate of drug-likeness (QED) is 0.752. The molecule has 1 rings (SSSR count). The van der Waals surface area contributed by atoms with Crippen LogP contribution in [0.3, 0.4) is 0 Å². The van der Waals surface area contributed by atoms with Crippen LogP contribution >= 0.6 is 0 Å². The van der Waals surface area contributed by atoms with Crippen molar-refractivity contribution in [2.75, 3.05) is 13.2 Å². The molecule has 88 valence electrons. The van der Waals surface area contributed by atoms with E-state index in [-0.39, 0.29) is 5.91 Å². The molecule has 0 bridgehead atoms. The molecule has 1 aliphatic carbocycles. The van der Waals surface area contributed by atoms with Crippen LogP contribution in [0.15, 0.2) is 0 Å². The summed E-state index contributed by atoms with van der Waals surface area (Å²) in [5.41, 5.74) is -0.481. The Balaban J connectivity index is 2.38. The molecule has 0 heterocycles. The van der Waals surface area contributed by atoms with Gasteiger partial charge < -0.3 is 10.4 Å². The topological polar surface area (TPSA) is 49.3 Å². The fourth-order valence-corrected chi connectivity index (χ4v) is 1.13. The Labute approximate surface area is 85.7 Å². The number of halogens is 3. The fourth-order valence-electron chi connectivity index (χ4n) is 1.13. The van der Waals surface area contributed by atoms with Crippen LogP contribution in [0.5, 0.6) is 0 Å². The molecule has 2 N–H and O–H groups in total. The van der Waals surface area contributed by atoms with E-state index in [4.69, 9.17) is 5.11 Å². The molecule has 1 amide bonds. The lowest BCUT2D eigenvalue weighted by molar-refractivity contribution is -0.182. The second-order valence-electron chi connectivity index (χ2n) is 4.19. The molecule has 0 radical (unpaired) electrons. The monoisotopic (exact) mass is 225 g/mol. The predicted molar refractivity (Wildman–Crippen MR) is 47.0 cm³/mol. The maximum Gasteiger partial charge on any atom is 0.395 e. The van der Waals surface area contributed by atoms with E-state index in [1.807, 2.05) is 0 Å². The molecule has 1 unspecified atom stereocenters. The van der Waals surface area contributed by atoms with Gasteiger partial charge in [-0.25, -0.2) is 0 Å². The summed E-state index contributed by atoms with van der Waals surface area (Å²) in [6.45, 7) is 0.165. The summed E-state index contributed by atoms with van der Waals surface area (Å²) in [7, 11) is 0. The van der Waals surface area contributed by atoms with Gasteiger partial charge in [0.2, 0.25) is 5.91 Å². The summed E-state index contributed by atoms with van der Waals surface area (Å²) in [6, 6.07) is 0. The van der Waals surface area contributed by atoms with E-state index in [1.165, 1.54) is 0 Å². The van der Waals surface area contributed by atoms with Gasteiger partial charge in [-0.2, -0.15) is 13.2 Å². The highest BCUT2D eigenvalue weighted by Crippen LogP contribution is 2.45. The normalized spacial score (nSPS) is 20.9. The molecule has 0 aromatic carbocycles. The highest BCUT2D eigenvalue weighted by Gasteiger charge is 2.46. The van der Waals surface area contributed by atoms with Crippen molar-refractivity contribution in [2.45, 2.75) is 25.9 Å². The zero-order chi connectivity index (χ0) is 11.7. The summed E-state index contributed by atoms with van der Waals surface area (Å²) in [5, 5.41) is 10.7. The minimum Gasteiger partial charge on any atom is -0.396 e. The van der Waals surface area contributed by atoms with Crippen molar-refractivity contribution in [2.24, 2.45) is 11.3 Å². The van der Waals surface area contributed by atoms with Gasteiger partial charge in [0.25, 0.3) is 0 Å². The summed E-state index contributed by atoms with van der Waals surface area (Å²) in [6.07, 6.45) is -3.03. The Bertz CT molecular complexity index is 248. The number of alkyl halides is 3. The Morgan fingerprint density at radius 2 is 2.07 bits per heavy atom. The van der Waals surface area contributed by atoms with Crippen LogP contribution in [-0.2, 0) is 4.79 Å². The van der Waals surface area contributed by atoms with Crippen molar-refractivity contribution < 1.29 is 23.1 Å². The van der Waals surface area contributed by atoms with Crippen LogP contribution < -0.4 is 5.32 Å². The number of nitrogens with one attached hydrogen (secondary N) is 1. The van der Waals surface area contributed by atoms with Crippen molar-refractivity contribution in [3.05, 3.63) is 0 Å². The summed E-state index contributed by atoms with van der Waals surface area (Å²) in [5.74, 6) is -2.23. The Kier molecular flexibility index (Phi) is 3.28. The molecule has 0 aromatic heterocycles. The Morgan fingerprint density at radius 1 is 1.53 bits per heavy atom. The van der Waals surface area contributed by atoms with Gasteiger partial charge in [-0.3, -0.25) is 4.79 Å². The zero-order valence-corrected chi connectivity index (χ0v) is 8.40. The van der Waals surface area contributed by atoms with E-state index in [2.05, 4.69) is 5.32 Å².